The Bertz CT molecular complexity index is 699. The maximum Gasteiger partial charge on any atom is 0.279 e. The van der Waals surface area contributed by atoms with Gasteiger partial charge in [-0.3, -0.25) is 9.59 Å². The lowest BCUT2D eigenvalue weighted by Gasteiger charge is -2.38. The Morgan fingerprint density at radius 3 is 2.46 bits per heavy atom. The summed E-state index contributed by atoms with van der Waals surface area (Å²) in [5.41, 5.74) is 1.21. The zero-order valence-electron chi connectivity index (χ0n) is 16.8. The van der Waals surface area contributed by atoms with E-state index in [0.717, 1.165) is 37.8 Å². The molecule has 0 bridgehead atoms. The van der Waals surface area contributed by atoms with Crippen LogP contribution in [0.25, 0.3) is 0 Å². The van der Waals surface area contributed by atoms with Gasteiger partial charge < -0.3 is 15.5 Å². The molecule has 1 aromatic carbocycles. The molecular formula is C23H34N3O2+. The van der Waals surface area contributed by atoms with Gasteiger partial charge in [-0.25, -0.2) is 0 Å². The highest BCUT2D eigenvalue weighted by Gasteiger charge is 2.34. The molecule has 1 heterocycles. The molecule has 3 atom stereocenters. The second-order valence-electron chi connectivity index (χ2n) is 9.02. The van der Waals surface area contributed by atoms with Crippen LogP contribution in [-0.2, 0) is 4.79 Å². The van der Waals surface area contributed by atoms with E-state index in [4.69, 9.17) is 0 Å². The molecule has 3 N–H and O–H groups in total. The van der Waals surface area contributed by atoms with Crippen molar-refractivity contribution in [2.75, 3.05) is 25.0 Å². The summed E-state index contributed by atoms with van der Waals surface area (Å²) >= 11 is 0. The maximum atomic E-state index is 12.7. The summed E-state index contributed by atoms with van der Waals surface area (Å²) in [7, 11) is 0. The molecule has 0 radical (unpaired) electrons. The quantitative estimate of drug-likeness (QED) is 0.730. The smallest absolute Gasteiger partial charge is 0.279 e. The average Bonchev–Trinajstić information content (AvgIpc) is 3.21. The molecule has 1 aliphatic heterocycles. The minimum atomic E-state index is -0.0711. The van der Waals surface area contributed by atoms with Crippen LogP contribution in [0.4, 0.5) is 5.69 Å². The summed E-state index contributed by atoms with van der Waals surface area (Å²) < 4.78 is 0. The minimum absolute atomic E-state index is 0.0189. The van der Waals surface area contributed by atoms with Crippen molar-refractivity contribution >= 4 is 17.5 Å². The van der Waals surface area contributed by atoms with E-state index in [9.17, 15) is 9.59 Å². The number of hydrogen-bond acceptors (Lipinski definition) is 2. The third-order valence-corrected chi connectivity index (χ3v) is 7.03. The maximum absolute atomic E-state index is 12.7. The van der Waals surface area contributed by atoms with Crippen LogP contribution in [0.2, 0.25) is 0 Å². The monoisotopic (exact) mass is 384 g/mol. The number of rotatable bonds is 5. The highest BCUT2D eigenvalue weighted by molar-refractivity contribution is 6.04. The van der Waals surface area contributed by atoms with Gasteiger partial charge in [0.2, 0.25) is 0 Å². The molecule has 28 heavy (non-hydrogen) atoms. The first-order valence-corrected chi connectivity index (χ1v) is 11.2. The van der Waals surface area contributed by atoms with Gasteiger partial charge >= 0.3 is 0 Å². The van der Waals surface area contributed by atoms with Crippen molar-refractivity contribution in [3.63, 3.8) is 0 Å². The fourth-order valence-electron chi connectivity index (χ4n) is 5.50. The van der Waals surface area contributed by atoms with E-state index in [1.54, 1.807) is 6.07 Å². The first-order chi connectivity index (χ1) is 13.7. The Morgan fingerprint density at radius 2 is 1.64 bits per heavy atom. The van der Waals surface area contributed by atoms with E-state index in [2.05, 4.69) is 10.6 Å². The predicted molar refractivity (Wildman–Crippen MR) is 110 cm³/mol. The lowest BCUT2D eigenvalue weighted by molar-refractivity contribution is -0.902. The van der Waals surface area contributed by atoms with Crippen molar-refractivity contribution in [2.45, 2.75) is 63.8 Å². The normalized spacial score (nSPS) is 27.8. The molecule has 5 nitrogen and oxygen atoms in total. The molecule has 2 saturated carbocycles. The number of carbonyl (C=O) groups excluding carboxylic acids is 2. The largest absolute Gasteiger partial charge is 0.349 e. The van der Waals surface area contributed by atoms with Crippen molar-refractivity contribution in [3.05, 3.63) is 29.8 Å². The second kappa shape index (κ2) is 9.08. The lowest BCUT2D eigenvalue weighted by atomic mass is 9.75. The summed E-state index contributed by atoms with van der Waals surface area (Å²) in [6, 6.07) is 7.66. The van der Waals surface area contributed by atoms with Crippen LogP contribution in [0.15, 0.2) is 24.3 Å². The van der Waals surface area contributed by atoms with Gasteiger partial charge in [0.05, 0.1) is 24.3 Å². The van der Waals surface area contributed by atoms with Crippen molar-refractivity contribution < 1.29 is 14.5 Å². The number of hydrogen-bond donors (Lipinski definition) is 3. The zero-order chi connectivity index (χ0) is 19.3. The van der Waals surface area contributed by atoms with Gasteiger partial charge in [0, 0.05) is 12.0 Å². The summed E-state index contributed by atoms with van der Waals surface area (Å²) in [6.45, 7) is 2.72. The SMILES string of the molecule is O=C(C[NH+]1CC[C@@H]2CCCC[C@@H]2C1)Nc1ccccc1C(=O)NC1CCCC1. The number of piperidine rings is 1. The highest BCUT2D eigenvalue weighted by atomic mass is 16.2. The Kier molecular flexibility index (Phi) is 6.30. The van der Waals surface area contributed by atoms with Crippen LogP contribution in [0.3, 0.4) is 0 Å². The van der Waals surface area contributed by atoms with Gasteiger partial charge in [0.25, 0.3) is 11.8 Å². The Morgan fingerprint density at radius 1 is 0.929 bits per heavy atom. The number of carbonyl (C=O) groups is 2. The molecule has 2 aliphatic carbocycles. The van der Waals surface area contributed by atoms with Gasteiger partial charge in [0.15, 0.2) is 6.54 Å². The van der Waals surface area contributed by atoms with E-state index in [0.29, 0.717) is 17.8 Å². The van der Waals surface area contributed by atoms with Crippen LogP contribution in [-0.4, -0.2) is 37.5 Å². The summed E-state index contributed by atoms with van der Waals surface area (Å²) in [5.74, 6) is 1.64. The van der Waals surface area contributed by atoms with E-state index in [1.165, 1.54) is 49.8 Å². The predicted octanol–water partition coefficient (Wildman–Crippen LogP) is 2.39. The summed E-state index contributed by atoms with van der Waals surface area (Å²) in [6.07, 6.45) is 11.2. The first-order valence-electron chi connectivity index (χ1n) is 11.2. The lowest BCUT2D eigenvalue weighted by Crippen LogP contribution is -3.15. The number of nitrogens with one attached hydrogen (secondary N) is 3. The number of likely N-dealkylation sites (tertiary alicyclic amines) is 1. The fraction of sp³-hybridized carbons (Fsp3) is 0.652. The van der Waals surface area contributed by atoms with Crippen LogP contribution in [0.5, 0.6) is 0 Å². The van der Waals surface area contributed by atoms with Gasteiger partial charge in [-0.2, -0.15) is 0 Å². The van der Waals surface area contributed by atoms with Crippen molar-refractivity contribution in [2.24, 2.45) is 11.8 Å². The number of fused-ring (bicyclic) bond motifs is 1. The standard InChI is InChI=1S/C23H33N3O2/c27-22(16-26-14-13-17-7-1-2-8-18(17)15-26)25-21-12-6-5-11-20(21)23(28)24-19-9-3-4-10-19/h5-6,11-12,17-19H,1-4,7-10,13-16H2,(H,24,28)(H,25,27)/p+1/t17-,18+/m0/s1. The van der Waals surface area contributed by atoms with Crippen LogP contribution < -0.4 is 15.5 Å². The van der Waals surface area contributed by atoms with E-state index >= 15 is 0 Å². The number of benzene rings is 1. The second-order valence-corrected chi connectivity index (χ2v) is 9.02. The van der Waals surface area contributed by atoms with Crippen LogP contribution in [0, 0.1) is 11.8 Å². The van der Waals surface area contributed by atoms with Gasteiger partial charge in [0.1, 0.15) is 0 Å². The molecule has 152 valence electrons. The summed E-state index contributed by atoms with van der Waals surface area (Å²) in [5, 5.41) is 6.14. The number of para-hydroxylation sites is 1. The van der Waals surface area contributed by atoms with Crippen molar-refractivity contribution in [1.29, 1.82) is 0 Å². The molecule has 3 fully saturated rings. The Hall–Kier alpha value is -1.88. The van der Waals surface area contributed by atoms with Crippen molar-refractivity contribution in [1.82, 2.24) is 5.32 Å². The van der Waals surface area contributed by atoms with Crippen molar-refractivity contribution in [3.8, 4) is 0 Å². The third kappa shape index (κ3) is 4.75. The van der Waals surface area contributed by atoms with Gasteiger partial charge in [-0.05, 0) is 50.2 Å². The first kappa shape index (κ1) is 19.4. The van der Waals surface area contributed by atoms with E-state index in [1.807, 2.05) is 18.2 Å². The molecule has 0 aromatic heterocycles. The molecular weight excluding hydrogens is 350 g/mol. The highest BCUT2D eigenvalue weighted by Crippen LogP contribution is 2.32. The molecule has 2 amide bonds. The van der Waals surface area contributed by atoms with E-state index < -0.39 is 0 Å². The van der Waals surface area contributed by atoms with Crippen LogP contribution >= 0.6 is 0 Å². The molecule has 3 aliphatic rings. The third-order valence-electron chi connectivity index (χ3n) is 7.03. The summed E-state index contributed by atoms with van der Waals surface area (Å²) in [4.78, 5) is 26.8. The molecule has 5 heteroatoms. The average molecular weight is 385 g/mol. The number of amides is 2. The van der Waals surface area contributed by atoms with Gasteiger partial charge in [-0.15, -0.1) is 0 Å². The van der Waals surface area contributed by atoms with E-state index in [-0.39, 0.29) is 17.9 Å². The molecule has 1 saturated heterocycles. The van der Waals surface area contributed by atoms with Crippen LogP contribution in [0.1, 0.15) is 68.1 Å². The number of anilines is 1. The minimum Gasteiger partial charge on any atom is -0.349 e. The molecule has 0 spiro atoms. The topological polar surface area (TPSA) is 62.6 Å². The molecule has 1 unspecified atom stereocenters. The number of quaternary nitrogens is 1. The molecule has 1 aromatic rings. The van der Waals surface area contributed by atoms with Gasteiger partial charge in [-0.1, -0.05) is 37.8 Å². The Balaban J connectivity index is 1.33. The fourth-order valence-corrected chi connectivity index (χ4v) is 5.50. The molecule has 4 rings (SSSR count). The Labute approximate surface area is 168 Å². The zero-order valence-corrected chi connectivity index (χ0v) is 16.8.